The molecule has 5 nitrogen and oxygen atoms in total. The molecule has 0 spiro atoms. The van der Waals surface area contributed by atoms with Gasteiger partial charge in [0.2, 0.25) is 0 Å². The Kier molecular flexibility index (Phi) is 13.9. The van der Waals surface area contributed by atoms with E-state index in [0.717, 1.165) is 38.5 Å². The van der Waals surface area contributed by atoms with Crippen LogP contribution < -0.4 is 0 Å². The number of alkyl halides is 3. The number of halogens is 3. The van der Waals surface area contributed by atoms with Gasteiger partial charge in [-0.1, -0.05) is 19.2 Å². The van der Waals surface area contributed by atoms with Crippen LogP contribution in [0.4, 0.5) is 13.2 Å². The van der Waals surface area contributed by atoms with E-state index in [1.54, 1.807) is 25.3 Å². The van der Waals surface area contributed by atoms with Crippen LogP contribution in [0.1, 0.15) is 0 Å². The normalized spacial score (nSPS) is 16.6. The minimum Gasteiger partial charge on any atom is -0.491 e. The third kappa shape index (κ3) is 15.4. The molecule has 0 amide bonds. The maximum absolute atomic E-state index is 12.1. The average molecular weight is 393 g/mol. The third-order valence-corrected chi connectivity index (χ3v) is 3.88. The van der Waals surface area contributed by atoms with E-state index in [1.807, 2.05) is 0 Å². The first kappa shape index (κ1) is 25.6. The first-order valence-electron chi connectivity index (χ1n) is 8.95. The highest BCUT2D eigenvalue weighted by Crippen LogP contribution is 2.15. The van der Waals surface area contributed by atoms with E-state index in [4.69, 9.17) is 9.47 Å². The summed E-state index contributed by atoms with van der Waals surface area (Å²) in [5, 5.41) is 0. The number of piperazine rings is 1. The fraction of sp³-hybridized carbons (Fsp3) is 0.684. The molecule has 0 bridgehead atoms. The van der Waals surface area contributed by atoms with Crippen molar-refractivity contribution in [1.82, 2.24) is 14.7 Å². The molecule has 1 saturated heterocycles. The van der Waals surface area contributed by atoms with E-state index in [-0.39, 0.29) is 0 Å². The Labute approximate surface area is 161 Å². The number of ether oxygens (including phenoxy) is 2. The monoisotopic (exact) mass is 393 g/mol. The van der Waals surface area contributed by atoms with Crippen molar-refractivity contribution in [3.63, 3.8) is 0 Å². The summed E-state index contributed by atoms with van der Waals surface area (Å²) in [6.45, 7) is 12.5. The van der Waals surface area contributed by atoms with Crippen LogP contribution in [0, 0.1) is 0 Å². The van der Waals surface area contributed by atoms with Gasteiger partial charge in [-0.15, -0.1) is 0 Å². The Morgan fingerprint density at radius 2 is 1.78 bits per heavy atom. The predicted molar refractivity (Wildman–Crippen MR) is 104 cm³/mol. The standard InChI is InChI=1S/C10H20F3N3.C9H14O2/c1-14-3-6-16(7-4-14)8-5-15(2)9-10(11,12)13;1-4-6-9(5-2)11-8-7-10-3/h3-9H2,1-2H3;4-6H,1-2,7-8H2,3H3/b;9-6+. The third-order valence-electron chi connectivity index (χ3n) is 3.88. The van der Waals surface area contributed by atoms with Gasteiger partial charge in [0.05, 0.1) is 13.2 Å². The first-order chi connectivity index (χ1) is 12.7. The van der Waals surface area contributed by atoms with Crippen LogP contribution in [-0.2, 0) is 9.47 Å². The van der Waals surface area contributed by atoms with Crippen molar-refractivity contribution in [3.8, 4) is 0 Å². The number of rotatable bonds is 10. The van der Waals surface area contributed by atoms with Gasteiger partial charge in [0.1, 0.15) is 12.4 Å². The molecule has 1 aliphatic rings. The summed E-state index contributed by atoms with van der Waals surface area (Å²) in [5.41, 5.74) is 0. The van der Waals surface area contributed by atoms with Gasteiger partial charge >= 0.3 is 6.18 Å². The molecule has 27 heavy (non-hydrogen) atoms. The van der Waals surface area contributed by atoms with Crippen LogP contribution in [0.15, 0.2) is 37.1 Å². The van der Waals surface area contributed by atoms with Gasteiger partial charge in [-0.05, 0) is 26.2 Å². The lowest BCUT2D eigenvalue weighted by Gasteiger charge is -2.33. The number of nitrogens with zero attached hydrogens (tertiary/aromatic N) is 3. The lowest BCUT2D eigenvalue weighted by molar-refractivity contribution is -0.143. The fourth-order valence-electron chi connectivity index (χ4n) is 2.30. The zero-order chi connectivity index (χ0) is 20.7. The summed E-state index contributed by atoms with van der Waals surface area (Å²) >= 11 is 0. The molecule has 0 saturated carbocycles. The van der Waals surface area contributed by atoms with Gasteiger partial charge < -0.3 is 14.4 Å². The van der Waals surface area contributed by atoms with E-state index in [2.05, 4.69) is 30.0 Å². The van der Waals surface area contributed by atoms with Crippen LogP contribution in [0.2, 0.25) is 0 Å². The predicted octanol–water partition coefficient (Wildman–Crippen LogP) is 2.63. The minimum atomic E-state index is -4.09. The van der Waals surface area contributed by atoms with Gasteiger partial charge in [0.25, 0.3) is 0 Å². The summed E-state index contributed by atoms with van der Waals surface area (Å²) in [6, 6.07) is 0. The van der Waals surface area contributed by atoms with Crippen molar-refractivity contribution < 1.29 is 22.6 Å². The molecule has 1 aliphatic heterocycles. The Bertz CT molecular complexity index is 434. The first-order valence-corrected chi connectivity index (χ1v) is 8.95. The highest BCUT2D eigenvalue weighted by atomic mass is 19.4. The summed E-state index contributed by atoms with van der Waals surface area (Å²) in [6.07, 6.45) is 0.959. The van der Waals surface area contributed by atoms with E-state index in [9.17, 15) is 13.2 Å². The molecular formula is C19H34F3N3O2. The minimum absolute atomic E-state index is 0.475. The van der Waals surface area contributed by atoms with Crippen LogP contribution in [-0.4, -0.2) is 101 Å². The summed E-state index contributed by atoms with van der Waals surface area (Å²) in [5.74, 6) is 0.719. The van der Waals surface area contributed by atoms with Crippen molar-refractivity contribution in [3.05, 3.63) is 37.1 Å². The van der Waals surface area contributed by atoms with Gasteiger partial charge in [-0.3, -0.25) is 9.80 Å². The Balaban J connectivity index is 0.000000541. The van der Waals surface area contributed by atoms with Crippen molar-refractivity contribution in [2.45, 2.75) is 6.18 Å². The molecule has 0 aliphatic carbocycles. The van der Waals surface area contributed by atoms with Crippen LogP contribution >= 0.6 is 0 Å². The van der Waals surface area contributed by atoms with Crippen molar-refractivity contribution in [2.75, 3.05) is 80.2 Å². The van der Waals surface area contributed by atoms with Gasteiger partial charge in [0, 0.05) is 46.4 Å². The summed E-state index contributed by atoms with van der Waals surface area (Å²) in [7, 11) is 5.21. The molecule has 1 rings (SSSR count). The lowest BCUT2D eigenvalue weighted by atomic mass is 10.3. The Morgan fingerprint density at radius 3 is 2.26 bits per heavy atom. The number of likely N-dealkylation sites (N-methyl/N-ethyl adjacent to an activating group) is 2. The second-order valence-corrected chi connectivity index (χ2v) is 6.35. The van der Waals surface area contributed by atoms with E-state index >= 15 is 0 Å². The molecule has 0 radical (unpaired) electrons. The molecule has 8 heteroatoms. The zero-order valence-corrected chi connectivity index (χ0v) is 16.8. The molecule has 0 atom stereocenters. The maximum Gasteiger partial charge on any atom is 0.401 e. The van der Waals surface area contributed by atoms with Gasteiger partial charge in [-0.25, -0.2) is 0 Å². The molecule has 0 N–H and O–H groups in total. The summed E-state index contributed by atoms with van der Waals surface area (Å²) < 4.78 is 46.2. The van der Waals surface area contributed by atoms with Crippen molar-refractivity contribution in [1.29, 1.82) is 0 Å². The van der Waals surface area contributed by atoms with Crippen LogP contribution in [0.3, 0.4) is 0 Å². The molecule has 0 unspecified atom stereocenters. The van der Waals surface area contributed by atoms with Gasteiger partial charge in [-0.2, -0.15) is 13.2 Å². The van der Waals surface area contributed by atoms with Crippen LogP contribution in [0.25, 0.3) is 0 Å². The quantitative estimate of drug-likeness (QED) is 0.323. The van der Waals surface area contributed by atoms with Gasteiger partial charge in [0.15, 0.2) is 0 Å². The molecule has 0 aromatic carbocycles. The molecule has 1 fully saturated rings. The Hall–Kier alpha value is -1.35. The number of hydrogen-bond acceptors (Lipinski definition) is 5. The summed E-state index contributed by atoms with van der Waals surface area (Å²) in [4.78, 5) is 5.78. The SMILES string of the molecule is C=C/C=C(\C=C)OCCOC.CN1CCN(CCN(C)CC(F)(F)F)CC1. The smallest absolute Gasteiger partial charge is 0.401 e. The second-order valence-electron chi connectivity index (χ2n) is 6.35. The van der Waals surface area contributed by atoms with E-state index in [1.165, 1.54) is 11.9 Å². The number of allylic oxidation sites excluding steroid dienone is 3. The molecule has 1 heterocycles. The fourth-order valence-corrected chi connectivity index (χ4v) is 2.30. The second kappa shape index (κ2) is 14.7. The van der Waals surface area contributed by atoms with Crippen LogP contribution in [0.5, 0.6) is 0 Å². The highest BCUT2D eigenvalue weighted by molar-refractivity contribution is 5.14. The molecule has 158 valence electrons. The highest BCUT2D eigenvalue weighted by Gasteiger charge is 2.29. The maximum atomic E-state index is 12.1. The Morgan fingerprint density at radius 1 is 1.15 bits per heavy atom. The van der Waals surface area contributed by atoms with E-state index in [0.29, 0.717) is 19.8 Å². The molecular weight excluding hydrogens is 359 g/mol. The molecule has 0 aromatic rings. The van der Waals surface area contributed by atoms with Crippen molar-refractivity contribution >= 4 is 0 Å². The number of hydrogen-bond donors (Lipinski definition) is 0. The molecule has 0 aromatic heterocycles. The topological polar surface area (TPSA) is 28.2 Å². The number of methoxy groups -OCH3 is 1. The zero-order valence-electron chi connectivity index (χ0n) is 16.8. The largest absolute Gasteiger partial charge is 0.491 e. The van der Waals surface area contributed by atoms with Crippen molar-refractivity contribution in [2.24, 2.45) is 0 Å². The lowest BCUT2D eigenvalue weighted by Crippen LogP contribution is -2.47. The van der Waals surface area contributed by atoms with E-state index < -0.39 is 12.7 Å². The average Bonchev–Trinajstić information content (AvgIpc) is 2.60.